The van der Waals surface area contributed by atoms with Crippen LogP contribution in [-0.2, 0) is 20.4 Å². The SMILES string of the molecule is CCN(C(=O)CSCc1c(Cl)cccc1Cl)C1CCS(=O)(=O)C1. The second kappa shape index (κ2) is 8.10. The number of halogens is 2. The van der Waals surface area contributed by atoms with Crippen LogP contribution in [-0.4, -0.2) is 49.1 Å². The zero-order chi connectivity index (χ0) is 17.0. The van der Waals surface area contributed by atoms with E-state index in [9.17, 15) is 13.2 Å². The van der Waals surface area contributed by atoms with E-state index in [1.54, 1.807) is 23.1 Å². The number of sulfone groups is 1. The Balaban J connectivity index is 1.91. The van der Waals surface area contributed by atoms with Gasteiger partial charge in [-0.05, 0) is 31.0 Å². The van der Waals surface area contributed by atoms with Gasteiger partial charge < -0.3 is 4.90 Å². The Hall–Kier alpha value is -0.430. The molecule has 1 heterocycles. The highest BCUT2D eigenvalue weighted by Crippen LogP contribution is 2.28. The van der Waals surface area contributed by atoms with Crippen LogP contribution in [0.15, 0.2) is 18.2 Å². The van der Waals surface area contributed by atoms with Crippen LogP contribution in [0.4, 0.5) is 0 Å². The fraction of sp³-hybridized carbons (Fsp3) is 0.533. The van der Waals surface area contributed by atoms with E-state index in [1.807, 2.05) is 6.92 Å². The van der Waals surface area contributed by atoms with Crippen LogP contribution in [0.3, 0.4) is 0 Å². The molecule has 0 spiro atoms. The lowest BCUT2D eigenvalue weighted by Crippen LogP contribution is -2.41. The third-order valence-electron chi connectivity index (χ3n) is 3.84. The second-order valence-corrected chi connectivity index (χ2v) is 9.46. The molecule has 8 heteroatoms. The van der Waals surface area contributed by atoms with Crippen LogP contribution in [0.2, 0.25) is 10.0 Å². The summed E-state index contributed by atoms with van der Waals surface area (Å²) in [7, 11) is -2.99. The molecule has 0 saturated carbocycles. The molecule has 1 aromatic rings. The van der Waals surface area contributed by atoms with E-state index >= 15 is 0 Å². The number of rotatable bonds is 6. The Labute approximate surface area is 151 Å². The van der Waals surface area contributed by atoms with Gasteiger partial charge in [-0.2, -0.15) is 0 Å². The first-order valence-corrected chi connectivity index (χ1v) is 11.1. The molecule has 1 unspecified atom stereocenters. The lowest BCUT2D eigenvalue weighted by Gasteiger charge is -2.26. The second-order valence-electron chi connectivity index (χ2n) is 5.43. The van der Waals surface area contributed by atoms with Crippen LogP contribution in [0.1, 0.15) is 18.9 Å². The van der Waals surface area contributed by atoms with Crippen LogP contribution >= 0.6 is 35.0 Å². The molecule has 1 amide bonds. The summed E-state index contributed by atoms with van der Waals surface area (Å²) in [4.78, 5) is 14.0. The number of hydrogen-bond donors (Lipinski definition) is 0. The van der Waals surface area contributed by atoms with Gasteiger partial charge in [0.05, 0.1) is 17.3 Å². The maximum absolute atomic E-state index is 12.4. The fourth-order valence-electron chi connectivity index (χ4n) is 2.65. The largest absolute Gasteiger partial charge is 0.338 e. The number of amides is 1. The molecule has 0 aliphatic carbocycles. The Morgan fingerprint density at radius 3 is 2.52 bits per heavy atom. The molecule has 0 radical (unpaired) electrons. The van der Waals surface area contributed by atoms with E-state index in [1.165, 1.54) is 11.8 Å². The molecule has 0 N–H and O–H groups in total. The average Bonchev–Trinajstić information content (AvgIpc) is 2.83. The Morgan fingerprint density at radius 2 is 2.00 bits per heavy atom. The number of carbonyl (C=O) groups is 1. The van der Waals surface area contributed by atoms with Crippen LogP contribution in [0.25, 0.3) is 0 Å². The van der Waals surface area contributed by atoms with Gasteiger partial charge in [0.1, 0.15) is 0 Å². The Kier molecular flexibility index (Phi) is 6.66. The molecular weight excluding hydrogens is 377 g/mol. The molecule has 1 saturated heterocycles. The third-order valence-corrected chi connectivity index (χ3v) is 7.25. The molecule has 0 bridgehead atoms. The topological polar surface area (TPSA) is 54.5 Å². The lowest BCUT2D eigenvalue weighted by atomic mass is 10.2. The monoisotopic (exact) mass is 395 g/mol. The van der Waals surface area contributed by atoms with Crippen molar-refractivity contribution in [1.29, 1.82) is 0 Å². The Bertz CT molecular complexity index is 659. The number of nitrogens with zero attached hydrogens (tertiary/aromatic N) is 1. The summed E-state index contributed by atoms with van der Waals surface area (Å²) in [6.45, 7) is 2.39. The molecule has 4 nitrogen and oxygen atoms in total. The van der Waals surface area contributed by atoms with Crippen LogP contribution < -0.4 is 0 Å². The predicted molar refractivity (Wildman–Crippen MR) is 97.1 cm³/mol. The average molecular weight is 396 g/mol. The molecule has 1 fully saturated rings. The van der Waals surface area contributed by atoms with Gasteiger partial charge in [0, 0.05) is 28.4 Å². The fourth-order valence-corrected chi connectivity index (χ4v) is 6.03. The summed E-state index contributed by atoms with van der Waals surface area (Å²) in [5.41, 5.74) is 0.820. The first-order valence-electron chi connectivity index (χ1n) is 7.34. The zero-order valence-corrected chi connectivity index (χ0v) is 15.9. The first kappa shape index (κ1) is 18.9. The molecule has 1 aromatic carbocycles. The predicted octanol–water partition coefficient (Wildman–Crippen LogP) is 3.26. The maximum atomic E-state index is 12.4. The van der Waals surface area contributed by atoms with E-state index in [4.69, 9.17) is 23.2 Å². The molecule has 128 valence electrons. The van der Waals surface area contributed by atoms with Crippen molar-refractivity contribution in [3.05, 3.63) is 33.8 Å². The molecule has 1 aliphatic heterocycles. The van der Waals surface area contributed by atoms with E-state index in [-0.39, 0.29) is 29.2 Å². The van der Waals surface area contributed by atoms with Gasteiger partial charge in [0.15, 0.2) is 9.84 Å². The van der Waals surface area contributed by atoms with Crippen molar-refractivity contribution in [2.45, 2.75) is 25.1 Å². The van der Waals surface area contributed by atoms with Gasteiger partial charge in [-0.1, -0.05) is 29.3 Å². The van der Waals surface area contributed by atoms with Crippen molar-refractivity contribution in [2.75, 3.05) is 23.8 Å². The van der Waals surface area contributed by atoms with E-state index in [0.29, 0.717) is 28.8 Å². The molecule has 2 rings (SSSR count). The molecule has 0 aromatic heterocycles. The van der Waals surface area contributed by atoms with E-state index in [0.717, 1.165) is 5.56 Å². The van der Waals surface area contributed by atoms with E-state index in [2.05, 4.69) is 0 Å². The summed E-state index contributed by atoms with van der Waals surface area (Å²) in [5, 5.41) is 1.18. The summed E-state index contributed by atoms with van der Waals surface area (Å²) in [6.07, 6.45) is 0.531. The van der Waals surface area contributed by atoms with Gasteiger partial charge in [-0.3, -0.25) is 4.79 Å². The molecule has 23 heavy (non-hydrogen) atoms. The highest BCUT2D eigenvalue weighted by Gasteiger charge is 2.33. The van der Waals surface area contributed by atoms with Gasteiger partial charge >= 0.3 is 0 Å². The molecule has 1 aliphatic rings. The summed E-state index contributed by atoms with van der Waals surface area (Å²) >= 11 is 13.7. The minimum Gasteiger partial charge on any atom is -0.338 e. The van der Waals surface area contributed by atoms with Gasteiger partial charge in [0.25, 0.3) is 0 Å². The van der Waals surface area contributed by atoms with Crippen molar-refractivity contribution >= 4 is 50.7 Å². The number of hydrogen-bond acceptors (Lipinski definition) is 4. The normalized spacial score (nSPS) is 19.7. The highest BCUT2D eigenvalue weighted by atomic mass is 35.5. The Morgan fingerprint density at radius 1 is 1.35 bits per heavy atom. The summed E-state index contributed by atoms with van der Waals surface area (Å²) in [6, 6.07) is 5.13. The molecule has 1 atom stereocenters. The summed E-state index contributed by atoms with van der Waals surface area (Å²) < 4.78 is 23.2. The molecular formula is C15H19Cl2NO3S2. The maximum Gasteiger partial charge on any atom is 0.232 e. The lowest BCUT2D eigenvalue weighted by molar-refractivity contribution is -0.129. The smallest absolute Gasteiger partial charge is 0.232 e. The van der Waals surface area contributed by atoms with Gasteiger partial charge in [0.2, 0.25) is 5.91 Å². The van der Waals surface area contributed by atoms with E-state index < -0.39 is 9.84 Å². The van der Waals surface area contributed by atoms with Gasteiger partial charge in [-0.15, -0.1) is 11.8 Å². The van der Waals surface area contributed by atoms with Crippen LogP contribution in [0.5, 0.6) is 0 Å². The van der Waals surface area contributed by atoms with Crippen molar-refractivity contribution in [1.82, 2.24) is 4.90 Å². The standard InChI is InChI=1S/C15H19Cl2NO3S2/c1-2-18(11-6-7-23(20,21)10-11)15(19)9-22-8-12-13(16)4-3-5-14(12)17/h3-5,11H,2,6-10H2,1H3. The van der Waals surface area contributed by atoms with Crippen molar-refractivity contribution < 1.29 is 13.2 Å². The number of benzene rings is 1. The number of carbonyl (C=O) groups excluding carboxylic acids is 1. The third kappa shape index (κ3) is 5.02. The van der Waals surface area contributed by atoms with Crippen molar-refractivity contribution in [3.8, 4) is 0 Å². The number of thioether (sulfide) groups is 1. The minimum atomic E-state index is -2.99. The van der Waals surface area contributed by atoms with Crippen LogP contribution in [0, 0.1) is 0 Å². The van der Waals surface area contributed by atoms with Gasteiger partial charge in [-0.25, -0.2) is 8.42 Å². The first-order chi connectivity index (χ1) is 10.8. The minimum absolute atomic E-state index is 0.0391. The quantitative estimate of drug-likeness (QED) is 0.741. The summed E-state index contributed by atoms with van der Waals surface area (Å²) in [5.74, 6) is 1.04. The van der Waals surface area contributed by atoms with Crippen molar-refractivity contribution in [3.63, 3.8) is 0 Å². The zero-order valence-electron chi connectivity index (χ0n) is 12.8. The van der Waals surface area contributed by atoms with Crippen molar-refractivity contribution in [2.24, 2.45) is 0 Å². The highest BCUT2D eigenvalue weighted by molar-refractivity contribution is 7.99.